The van der Waals surface area contributed by atoms with Crippen molar-refractivity contribution in [3.05, 3.63) is 95.1 Å². The fourth-order valence-electron chi connectivity index (χ4n) is 3.15. The smallest absolute Gasteiger partial charge is 0.261 e. The number of nitrogens with one attached hydrogen (secondary N) is 2. The van der Waals surface area contributed by atoms with Gasteiger partial charge in [0, 0.05) is 5.56 Å². The van der Waals surface area contributed by atoms with Crippen molar-refractivity contribution in [1.82, 2.24) is 5.32 Å². The van der Waals surface area contributed by atoms with Crippen LogP contribution in [-0.2, 0) is 10.0 Å². The van der Waals surface area contributed by atoms with Crippen molar-refractivity contribution in [3.8, 4) is 0 Å². The molecule has 0 radical (unpaired) electrons. The fraction of sp³-hybridized carbons (Fsp3) is 0.174. The van der Waals surface area contributed by atoms with Crippen molar-refractivity contribution in [2.75, 3.05) is 4.72 Å². The van der Waals surface area contributed by atoms with Gasteiger partial charge in [0.15, 0.2) is 0 Å². The van der Waals surface area contributed by atoms with Crippen LogP contribution < -0.4 is 10.0 Å². The number of amides is 1. The van der Waals surface area contributed by atoms with Crippen LogP contribution >= 0.6 is 0 Å². The summed E-state index contributed by atoms with van der Waals surface area (Å²) in [4.78, 5) is 12.8. The molecule has 0 bridgehead atoms. The molecule has 0 aliphatic heterocycles. The first-order chi connectivity index (χ1) is 13.8. The van der Waals surface area contributed by atoms with Gasteiger partial charge in [-0.05, 0) is 67.8 Å². The molecule has 2 N–H and O–H groups in total. The molecule has 0 aromatic heterocycles. The van der Waals surface area contributed by atoms with Crippen molar-refractivity contribution < 1.29 is 13.2 Å². The van der Waals surface area contributed by atoms with Crippen molar-refractivity contribution in [2.24, 2.45) is 0 Å². The van der Waals surface area contributed by atoms with E-state index >= 15 is 0 Å². The summed E-state index contributed by atoms with van der Waals surface area (Å²) in [6.07, 6.45) is 0. The van der Waals surface area contributed by atoms with Gasteiger partial charge in [-0.2, -0.15) is 0 Å². The second-order valence-corrected chi connectivity index (χ2v) is 8.68. The van der Waals surface area contributed by atoms with Gasteiger partial charge in [-0.25, -0.2) is 8.42 Å². The number of carbonyl (C=O) groups excluding carboxylic acids is 1. The average Bonchev–Trinajstić information content (AvgIpc) is 2.70. The van der Waals surface area contributed by atoms with E-state index in [9.17, 15) is 13.2 Å². The molecule has 0 aliphatic carbocycles. The quantitative estimate of drug-likeness (QED) is 0.626. The highest BCUT2D eigenvalue weighted by Crippen LogP contribution is 2.22. The van der Waals surface area contributed by atoms with E-state index in [4.69, 9.17) is 0 Å². The van der Waals surface area contributed by atoms with Crippen LogP contribution in [0.1, 0.15) is 40.0 Å². The highest BCUT2D eigenvalue weighted by Gasteiger charge is 2.17. The first-order valence-corrected chi connectivity index (χ1v) is 10.8. The Morgan fingerprint density at radius 2 is 1.52 bits per heavy atom. The van der Waals surface area contributed by atoms with E-state index in [1.807, 2.05) is 38.1 Å². The van der Waals surface area contributed by atoms with Gasteiger partial charge in [-0.15, -0.1) is 0 Å². The maximum absolute atomic E-state index is 12.7. The normalized spacial score (nSPS) is 12.2. The number of benzene rings is 3. The molecule has 0 saturated carbocycles. The molecule has 3 rings (SSSR count). The van der Waals surface area contributed by atoms with Crippen LogP contribution in [0.25, 0.3) is 0 Å². The summed E-state index contributed by atoms with van der Waals surface area (Å²) in [7, 11) is -3.68. The second-order valence-electron chi connectivity index (χ2n) is 7.00. The van der Waals surface area contributed by atoms with E-state index in [0.29, 0.717) is 16.8 Å². The number of carbonyl (C=O) groups is 1. The summed E-state index contributed by atoms with van der Waals surface area (Å²) < 4.78 is 27.6. The minimum atomic E-state index is -3.68. The molecule has 150 valence electrons. The van der Waals surface area contributed by atoms with Crippen LogP contribution in [-0.4, -0.2) is 14.3 Å². The monoisotopic (exact) mass is 408 g/mol. The summed E-state index contributed by atoms with van der Waals surface area (Å²) in [6, 6.07) is 20.9. The Bertz CT molecular complexity index is 1130. The molecule has 29 heavy (non-hydrogen) atoms. The maximum Gasteiger partial charge on any atom is 0.261 e. The summed E-state index contributed by atoms with van der Waals surface area (Å²) in [5.74, 6) is -0.207. The van der Waals surface area contributed by atoms with E-state index < -0.39 is 10.0 Å². The van der Waals surface area contributed by atoms with Crippen LogP contribution in [0.15, 0.2) is 77.7 Å². The molecule has 5 nitrogen and oxygen atoms in total. The SMILES string of the molecule is Cc1cc(C(=O)NC(C)c2ccccc2C)ccc1NS(=O)(=O)c1ccccc1. The number of hydrogen-bond donors (Lipinski definition) is 2. The Kier molecular flexibility index (Phi) is 6.03. The van der Waals surface area contributed by atoms with E-state index in [-0.39, 0.29) is 16.8 Å². The molecule has 6 heteroatoms. The molecule has 1 atom stereocenters. The molecule has 3 aromatic carbocycles. The largest absolute Gasteiger partial charge is 0.346 e. The number of anilines is 1. The highest BCUT2D eigenvalue weighted by atomic mass is 32.2. The minimum absolute atomic E-state index is 0.139. The van der Waals surface area contributed by atoms with Gasteiger partial charge in [-0.3, -0.25) is 9.52 Å². The van der Waals surface area contributed by atoms with E-state index in [1.165, 1.54) is 12.1 Å². The van der Waals surface area contributed by atoms with Crippen molar-refractivity contribution >= 4 is 21.6 Å². The van der Waals surface area contributed by atoms with E-state index in [0.717, 1.165) is 11.1 Å². The van der Waals surface area contributed by atoms with Crippen LogP contribution in [0.3, 0.4) is 0 Å². The Hall–Kier alpha value is -3.12. The maximum atomic E-state index is 12.7. The van der Waals surface area contributed by atoms with Gasteiger partial charge in [0.05, 0.1) is 16.6 Å². The van der Waals surface area contributed by atoms with Gasteiger partial charge in [0.25, 0.3) is 15.9 Å². The average molecular weight is 409 g/mol. The Balaban J connectivity index is 1.75. The predicted octanol–water partition coefficient (Wildman–Crippen LogP) is 4.60. The lowest BCUT2D eigenvalue weighted by atomic mass is 10.0. The van der Waals surface area contributed by atoms with Crippen LogP contribution in [0, 0.1) is 13.8 Å². The van der Waals surface area contributed by atoms with E-state index in [2.05, 4.69) is 10.0 Å². The highest BCUT2D eigenvalue weighted by molar-refractivity contribution is 7.92. The van der Waals surface area contributed by atoms with Gasteiger partial charge in [0.1, 0.15) is 0 Å². The van der Waals surface area contributed by atoms with Crippen LogP contribution in [0.5, 0.6) is 0 Å². The molecular formula is C23H24N2O3S. The molecule has 1 amide bonds. The molecule has 0 heterocycles. The summed E-state index contributed by atoms with van der Waals surface area (Å²) in [5, 5.41) is 3.00. The number of hydrogen-bond acceptors (Lipinski definition) is 3. The summed E-state index contributed by atoms with van der Waals surface area (Å²) >= 11 is 0. The first kappa shape index (κ1) is 20.6. The molecule has 0 aliphatic rings. The van der Waals surface area contributed by atoms with Gasteiger partial charge in [0.2, 0.25) is 0 Å². The zero-order valence-corrected chi connectivity index (χ0v) is 17.5. The van der Waals surface area contributed by atoms with E-state index in [1.54, 1.807) is 43.3 Å². The third-order valence-electron chi connectivity index (χ3n) is 4.79. The van der Waals surface area contributed by atoms with Crippen LogP contribution in [0.4, 0.5) is 5.69 Å². The third-order valence-corrected chi connectivity index (χ3v) is 6.17. The number of sulfonamides is 1. The lowest BCUT2D eigenvalue weighted by Crippen LogP contribution is -2.27. The zero-order valence-electron chi connectivity index (χ0n) is 16.6. The molecule has 0 spiro atoms. The number of aryl methyl sites for hydroxylation is 2. The Morgan fingerprint density at radius 1 is 0.862 bits per heavy atom. The first-order valence-electron chi connectivity index (χ1n) is 9.33. The summed E-state index contributed by atoms with van der Waals surface area (Å²) in [6.45, 7) is 5.72. The van der Waals surface area contributed by atoms with Crippen molar-refractivity contribution in [3.63, 3.8) is 0 Å². The Labute approximate surface area is 171 Å². The standard InChI is InChI=1S/C23H24N2O3S/c1-16-9-7-8-12-21(16)18(3)24-23(26)19-13-14-22(17(2)15-19)25-29(27,28)20-10-5-4-6-11-20/h4-15,18,25H,1-3H3,(H,24,26). The minimum Gasteiger partial charge on any atom is -0.346 e. The zero-order chi connectivity index (χ0) is 21.0. The number of rotatable bonds is 6. The van der Waals surface area contributed by atoms with Crippen LogP contribution in [0.2, 0.25) is 0 Å². The molecule has 3 aromatic rings. The van der Waals surface area contributed by atoms with Gasteiger partial charge in [-0.1, -0.05) is 42.5 Å². The predicted molar refractivity (Wildman–Crippen MR) is 115 cm³/mol. The van der Waals surface area contributed by atoms with Crippen molar-refractivity contribution in [1.29, 1.82) is 0 Å². The lowest BCUT2D eigenvalue weighted by Gasteiger charge is -2.17. The van der Waals surface area contributed by atoms with Gasteiger partial charge >= 0.3 is 0 Å². The molecular weight excluding hydrogens is 384 g/mol. The third kappa shape index (κ3) is 4.84. The molecule has 0 fully saturated rings. The topological polar surface area (TPSA) is 75.3 Å². The lowest BCUT2D eigenvalue weighted by molar-refractivity contribution is 0.0939. The fourth-order valence-corrected chi connectivity index (χ4v) is 4.30. The summed E-state index contributed by atoms with van der Waals surface area (Å²) in [5.41, 5.74) is 3.76. The van der Waals surface area contributed by atoms with Crippen molar-refractivity contribution in [2.45, 2.75) is 31.7 Å². The molecule has 1 unspecified atom stereocenters. The van der Waals surface area contributed by atoms with Gasteiger partial charge < -0.3 is 5.32 Å². The second kappa shape index (κ2) is 8.49. The Morgan fingerprint density at radius 3 is 2.17 bits per heavy atom. The molecule has 0 saturated heterocycles.